The van der Waals surface area contributed by atoms with Crippen LogP contribution >= 0.6 is 0 Å². The number of nitrogens with zero attached hydrogens (tertiary/aromatic N) is 4. The summed E-state index contributed by atoms with van der Waals surface area (Å²) in [6.07, 6.45) is -1.26. The first-order valence-corrected chi connectivity index (χ1v) is 6.88. The van der Waals surface area contributed by atoms with Gasteiger partial charge in [0.15, 0.2) is 5.82 Å². The lowest BCUT2D eigenvalue weighted by molar-refractivity contribution is -0.141. The second-order valence-electron chi connectivity index (χ2n) is 5.14. The first-order valence-electron chi connectivity index (χ1n) is 6.88. The highest BCUT2D eigenvalue weighted by Crippen LogP contribution is 2.28. The number of rotatable bonds is 2. The summed E-state index contributed by atoms with van der Waals surface area (Å²) >= 11 is 0. The summed E-state index contributed by atoms with van der Waals surface area (Å²) < 4.78 is 39.6. The molecule has 0 saturated heterocycles. The Morgan fingerprint density at radius 2 is 1.78 bits per heavy atom. The van der Waals surface area contributed by atoms with E-state index in [9.17, 15) is 13.2 Å². The molecule has 0 amide bonds. The molecule has 0 unspecified atom stereocenters. The summed E-state index contributed by atoms with van der Waals surface area (Å²) in [5.74, 6) is 0.115. The molecule has 3 rings (SSSR count). The van der Waals surface area contributed by atoms with E-state index in [1.807, 2.05) is 26.0 Å². The van der Waals surface area contributed by atoms with Crippen LogP contribution in [0.2, 0.25) is 0 Å². The number of hydrogen-bond acceptors (Lipinski definition) is 3. The molecule has 23 heavy (non-hydrogen) atoms. The summed E-state index contributed by atoms with van der Waals surface area (Å²) in [5.41, 5.74) is 2.45. The van der Waals surface area contributed by atoms with Crippen molar-refractivity contribution in [3.05, 3.63) is 59.8 Å². The van der Waals surface area contributed by atoms with Crippen LogP contribution in [-0.2, 0) is 6.18 Å². The van der Waals surface area contributed by atoms with Gasteiger partial charge in [-0.3, -0.25) is 4.98 Å². The molecule has 0 aliphatic carbocycles. The molecule has 3 heterocycles. The van der Waals surface area contributed by atoms with E-state index in [1.54, 1.807) is 12.4 Å². The molecule has 0 aliphatic rings. The van der Waals surface area contributed by atoms with Crippen LogP contribution in [0.3, 0.4) is 0 Å². The Labute approximate surface area is 130 Å². The van der Waals surface area contributed by atoms with Crippen LogP contribution in [0, 0.1) is 13.8 Å². The number of halogens is 3. The number of alkyl halides is 3. The van der Waals surface area contributed by atoms with Crippen LogP contribution in [0.15, 0.2) is 42.7 Å². The zero-order valence-electron chi connectivity index (χ0n) is 12.5. The van der Waals surface area contributed by atoms with Crippen LogP contribution < -0.4 is 0 Å². The summed E-state index contributed by atoms with van der Waals surface area (Å²) in [7, 11) is 0. The summed E-state index contributed by atoms with van der Waals surface area (Å²) in [4.78, 5) is 7.99. The Morgan fingerprint density at radius 3 is 2.48 bits per heavy atom. The van der Waals surface area contributed by atoms with Crippen molar-refractivity contribution in [2.75, 3.05) is 0 Å². The van der Waals surface area contributed by atoms with Crippen molar-refractivity contribution in [3.63, 3.8) is 0 Å². The quantitative estimate of drug-likeness (QED) is 0.718. The van der Waals surface area contributed by atoms with E-state index in [2.05, 4.69) is 15.1 Å². The predicted octanol–water partition coefficient (Wildman–Crippen LogP) is 3.96. The maximum Gasteiger partial charge on any atom is 0.433 e. The van der Waals surface area contributed by atoms with E-state index >= 15 is 0 Å². The Bertz CT molecular complexity index is 853. The Kier molecular flexibility index (Phi) is 3.63. The Balaban J connectivity index is 1.99. The number of hydrogen-bond donors (Lipinski definition) is 0. The van der Waals surface area contributed by atoms with Gasteiger partial charge in [-0.25, -0.2) is 9.67 Å². The second kappa shape index (κ2) is 5.49. The van der Waals surface area contributed by atoms with Crippen LogP contribution in [-0.4, -0.2) is 19.7 Å². The third-order valence-electron chi connectivity index (χ3n) is 3.38. The number of pyridine rings is 2. The van der Waals surface area contributed by atoms with Gasteiger partial charge in [0.2, 0.25) is 0 Å². The van der Waals surface area contributed by atoms with Gasteiger partial charge in [0.05, 0.1) is 6.20 Å². The molecule has 3 aromatic heterocycles. The van der Waals surface area contributed by atoms with Gasteiger partial charge in [0.25, 0.3) is 0 Å². The smallest absolute Gasteiger partial charge is 0.258 e. The van der Waals surface area contributed by atoms with Crippen LogP contribution in [0.25, 0.3) is 16.9 Å². The zero-order valence-corrected chi connectivity index (χ0v) is 12.5. The van der Waals surface area contributed by atoms with Gasteiger partial charge in [-0.05, 0) is 32.0 Å². The molecule has 0 aliphatic heterocycles. The molecule has 3 aromatic rings. The third-order valence-corrected chi connectivity index (χ3v) is 3.38. The highest BCUT2D eigenvalue weighted by Gasteiger charge is 2.32. The van der Waals surface area contributed by atoms with E-state index in [4.69, 9.17) is 0 Å². The molecule has 0 fully saturated rings. The maximum absolute atomic E-state index is 12.7. The topological polar surface area (TPSA) is 43.6 Å². The fourth-order valence-corrected chi connectivity index (χ4v) is 2.29. The minimum absolute atomic E-state index is 0.115. The first kappa shape index (κ1) is 15.2. The molecule has 7 heteroatoms. The molecule has 4 nitrogen and oxygen atoms in total. The first-order chi connectivity index (χ1) is 10.8. The van der Waals surface area contributed by atoms with Gasteiger partial charge in [-0.15, -0.1) is 0 Å². The SMILES string of the molecule is Cc1ccc(-c2cnn(-c3cccc(C(F)(F)F)n3)c2)c(C)n1. The highest BCUT2D eigenvalue weighted by atomic mass is 19.4. The molecule has 0 N–H and O–H groups in total. The molecule has 0 aromatic carbocycles. The Morgan fingerprint density at radius 1 is 1.00 bits per heavy atom. The lowest BCUT2D eigenvalue weighted by atomic mass is 10.1. The van der Waals surface area contributed by atoms with Crippen molar-refractivity contribution in [3.8, 4) is 16.9 Å². The summed E-state index contributed by atoms with van der Waals surface area (Å²) in [5, 5.41) is 4.11. The minimum atomic E-state index is -4.48. The normalized spacial score (nSPS) is 11.7. The highest BCUT2D eigenvalue weighted by molar-refractivity contribution is 5.64. The average Bonchev–Trinajstić information content (AvgIpc) is 2.96. The van der Waals surface area contributed by atoms with Gasteiger partial charge in [-0.1, -0.05) is 12.1 Å². The van der Waals surface area contributed by atoms with E-state index in [0.717, 1.165) is 28.6 Å². The van der Waals surface area contributed by atoms with Crippen LogP contribution in [0.5, 0.6) is 0 Å². The van der Waals surface area contributed by atoms with Crippen LogP contribution in [0.1, 0.15) is 17.1 Å². The maximum atomic E-state index is 12.7. The van der Waals surface area contributed by atoms with E-state index < -0.39 is 11.9 Å². The molecule has 0 atom stereocenters. The summed E-state index contributed by atoms with van der Waals surface area (Å²) in [6, 6.07) is 7.51. The van der Waals surface area contributed by atoms with E-state index in [-0.39, 0.29) is 5.82 Å². The second-order valence-corrected chi connectivity index (χ2v) is 5.14. The monoisotopic (exact) mass is 318 g/mol. The van der Waals surface area contributed by atoms with Crippen molar-refractivity contribution in [1.29, 1.82) is 0 Å². The minimum Gasteiger partial charge on any atom is -0.258 e. The lowest BCUT2D eigenvalue weighted by Gasteiger charge is -2.07. The average molecular weight is 318 g/mol. The molecule has 0 radical (unpaired) electrons. The number of aromatic nitrogens is 4. The van der Waals surface area contributed by atoms with Crippen molar-refractivity contribution < 1.29 is 13.2 Å². The molecule has 118 valence electrons. The molecule has 0 bridgehead atoms. The molecule has 0 spiro atoms. The van der Waals surface area contributed by atoms with E-state index in [0.29, 0.717) is 0 Å². The lowest BCUT2D eigenvalue weighted by Crippen LogP contribution is -2.10. The van der Waals surface area contributed by atoms with Gasteiger partial charge >= 0.3 is 6.18 Å². The van der Waals surface area contributed by atoms with E-state index in [1.165, 1.54) is 16.8 Å². The van der Waals surface area contributed by atoms with Crippen LogP contribution in [0.4, 0.5) is 13.2 Å². The fraction of sp³-hybridized carbons (Fsp3) is 0.188. The Hall–Kier alpha value is -2.70. The fourth-order valence-electron chi connectivity index (χ4n) is 2.29. The van der Waals surface area contributed by atoms with Crippen molar-refractivity contribution >= 4 is 0 Å². The van der Waals surface area contributed by atoms with Gasteiger partial charge < -0.3 is 0 Å². The molecule has 0 saturated carbocycles. The van der Waals surface area contributed by atoms with Crippen molar-refractivity contribution in [2.24, 2.45) is 0 Å². The molecular formula is C16H13F3N4. The third kappa shape index (κ3) is 3.08. The van der Waals surface area contributed by atoms with Gasteiger partial charge in [0.1, 0.15) is 5.69 Å². The van der Waals surface area contributed by atoms with Crippen molar-refractivity contribution in [2.45, 2.75) is 20.0 Å². The predicted molar refractivity (Wildman–Crippen MR) is 79.1 cm³/mol. The molecular weight excluding hydrogens is 305 g/mol. The standard InChI is InChI=1S/C16H13F3N4/c1-10-6-7-13(11(2)21-10)12-8-20-23(9-12)15-5-3-4-14(22-15)16(17,18)19/h3-9H,1-2H3. The summed E-state index contributed by atoms with van der Waals surface area (Å²) in [6.45, 7) is 3.77. The van der Waals surface area contributed by atoms with Crippen molar-refractivity contribution in [1.82, 2.24) is 19.7 Å². The van der Waals surface area contributed by atoms with Gasteiger partial charge in [-0.2, -0.15) is 18.3 Å². The van der Waals surface area contributed by atoms with Gasteiger partial charge in [0, 0.05) is 28.7 Å². The zero-order chi connectivity index (χ0) is 16.6. The largest absolute Gasteiger partial charge is 0.433 e. The number of aryl methyl sites for hydroxylation is 2.